The molecule has 1 fully saturated rings. The Kier molecular flexibility index (Phi) is 3.82. The first-order valence-electron chi connectivity index (χ1n) is 6.55. The number of anilines is 2. The van der Waals surface area contributed by atoms with E-state index < -0.39 is 0 Å². The van der Waals surface area contributed by atoms with Crippen molar-refractivity contribution >= 4 is 11.6 Å². The third kappa shape index (κ3) is 3.08. The highest BCUT2D eigenvalue weighted by Crippen LogP contribution is 2.32. The fraction of sp³-hybridized carbons (Fsp3) is 0.692. The predicted octanol–water partition coefficient (Wildman–Crippen LogP) is 2.85. The molecule has 0 amide bonds. The zero-order valence-electron chi connectivity index (χ0n) is 11.0. The standard InChI is InChI=1S/C13H22N4/c1-4-14-12-11(9(2)3)13(17-8-16-12)15-7-10-5-6-10/h8-10H,4-7H2,1-3H3,(H2,14,15,16,17). The van der Waals surface area contributed by atoms with Gasteiger partial charge in [0.15, 0.2) is 0 Å². The molecule has 4 nitrogen and oxygen atoms in total. The Hall–Kier alpha value is -1.32. The van der Waals surface area contributed by atoms with Gasteiger partial charge in [0.1, 0.15) is 18.0 Å². The van der Waals surface area contributed by atoms with Gasteiger partial charge in [-0.05, 0) is 31.6 Å². The summed E-state index contributed by atoms with van der Waals surface area (Å²) < 4.78 is 0. The average Bonchev–Trinajstić information content (AvgIpc) is 3.10. The van der Waals surface area contributed by atoms with Gasteiger partial charge in [-0.15, -0.1) is 0 Å². The van der Waals surface area contributed by atoms with Gasteiger partial charge in [0.25, 0.3) is 0 Å². The van der Waals surface area contributed by atoms with E-state index in [2.05, 4.69) is 41.4 Å². The molecule has 0 aromatic carbocycles. The largest absolute Gasteiger partial charge is 0.370 e. The van der Waals surface area contributed by atoms with Crippen molar-refractivity contribution in [3.05, 3.63) is 11.9 Å². The van der Waals surface area contributed by atoms with E-state index in [4.69, 9.17) is 0 Å². The Bertz CT molecular complexity index is 372. The van der Waals surface area contributed by atoms with Crippen molar-refractivity contribution in [2.75, 3.05) is 23.7 Å². The molecular weight excluding hydrogens is 212 g/mol. The van der Waals surface area contributed by atoms with Crippen LogP contribution >= 0.6 is 0 Å². The average molecular weight is 234 g/mol. The second kappa shape index (κ2) is 5.34. The van der Waals surface area contributed by atoms with Gasteiger partial charge in [-0.2, -0.15) is 0 Å². The molecular formula is C13H22N4. The molecule has 0 spiro atoms. The van der Waals surface area contributed by atoms with Crippen molar-refractivity contribution < 1.29 is 0 Å². The fourth-order valence-corrected chi connectivity index (χ4v) is 1.95. The van der Waals surface area contributed by atoms with E-state index in [-0.39, 0.29) is 0 Å². The molecule has 1 saturated carbocycles. The third-order valence-electron chi connectivity index (χ3n) is 3.06. The van der Waals surface area contributed by atoms with Crippen LogP contribution in [-0.4, -0.2) is 23.1 Å². The Balaban J connectivity index is 2.18. The second-order valence-electron chi connectivity index (χ2n) is 4.99. The predicted molar refractivity (Wildman–Crippen MR) is 71.5 cm³/mol. The van der Waals surface area contributed by atoms with E-state index in [1.807, 2.05) is 0 Å². The third-order valence-corrected chi connectivity index (χ3v) is 3.06. The zero-order valence-corrected chi connectivity index (χ0v) is 11.0. The summed E-state index contributed by atoms with van der Waals surface area (Å²) in [6, 6.07) is 0. The summed E-state index contributed by atoms with van der Waals surface area (Å²) in [4.78, 5) is 8.71. The molecule has 0 bridgehead atoms. The van der Waals surface area contributed by atoms with Crippen LogP contribution in [0.2, 0.25) is 0 Å². The van der Waals surface area contributed by atoms with Crippen LogP contribution in [-0.2, 0) is 0 Å². The molecule has 1 aromatic heterocycles. The summed E-state index contributed by atoms with van der Waals surface area (Å²) in [6.45, 7) is 8.38. The van der Waals surface area contributed by atoms with Crippen molar-refractivity contribution in [3.63, 3.8) is 0 Å². The Morgan fingerprint density at radius 3 is 2.41 bits per heavy atom. The molecule has 0 atom stereocenters. The molecule has 0 saturated heterocycles. The lowest BCUT2D eigenvalue weighted by atomic mass is 10.0. The number of rotatable bonds is 6. The number of hydrogen-bond acceptors (Lipinski definition) is 4. The minimum Gasteiger partial charge on any atom is -0.370 e. The highest BCUT2D eigenvalue weighted by atomic mass is 15.1. The fourth-order valence-electron chi connectivity index (χ4n) is 1.95. The maximum Gasteiger partial charge on any atom is 0.134 e. The second-order valence-corrected chi connectivity index (χ2v) is 4.99. The van der Waals surface area contributed by atoms with Gasteiger partial charge >= 0.3 is 0 Å². The number of hydrogen-bond donors (Lipinski definition) is 2. The molecule has 2 rings (SSSR count). The molecule has 94 valence electrons. The Labute approximate surface area is 103 Å². The van der Waals surface area contributed by atoms with E-state index in [1.165, 1.54) is 18.4 Å². The van der Waals surface area contributed by atoms with Crippen LogP contribution in [0.4, 0.5) is 11.6 Å². The van der Waals surface area contributed by atoms with Crippen LogP contribution in [0.15, 0.2) is 6.33 Å². The van der Waals surface area contributed by atoms with E-state index in [1.54, 1.807) is 6.33 Å². The Morgan fingerprint density at radius 1 is 1.24 bits per heavy atom. The lowest BCUT2D eigenvalue weighted by Crippen LogP contribution is -2.12. The first kappa shape index (κ1) is 12.1. The normalized spacial score (nSPS) is 15.1. The van der Waals surface area contributed by atoms with Crippen LogP contribution in [0.3, 0.4) is 0 Å². The van der Waals surface area contributed by atoms with Crippen molar-refractivity contribution in [1.29, 1.82) is 0 Å². The molecule has 2 N–H and O–H groups in total. The van der Waals surface area contributed by atoms with Crippen molar-refractivity contribution in [3.8, 4) is 0 Å². The van der Waals surface area contributed by atoms with Crippen LogP contribution in [0.5, 0.6) is 0 Å². The van der Waals surface area contributed by atoms with Crippen LogP contribution in [0, 0.1) is 5.92 Å². The molecule has 0 radical (unpaired) electrons. The summed E-state index contributed by atoms with van der Waals surface area (Å²) >= 11 is 0. The van der Waals surface area contributed by atoms with Crippen molar-refractivity contribution in [1.82, 2.24) is 9.97 Å². The quantitative estimate of drug-likeness (QED) is 0.794. The minimum absolute atomic E-state index is 0.423. The SMILES string of the molecule is CCNc1ncnc(NCC2CC2)c1C(C)C. The molecule has 1 heterocycles. The summed E-state index contributed by atoms with van der Waals surface area (Å²) in [5.74, 6) is 3.24. The zero-order chi connectivity index (χ0) is 12.3. The molecule has 1 aliphatic rings. The number of nitrogens with one attached hydrogen (secondary N) is 2. The molecule has 17 heavy (non-hydrogen) atoms. The smallest absolute Gasteiger partial charge is 0.134 e. The van der Waals surface area contributed by atoms with Gasteiger partial charge in [-0.3, -0.25) is 0 Å². The van der Waals surface area contributed by atoms with E-state index in [0.717, 1.165) is 30.6 Å². The highest BCUT2D eigenvalue weighted by Gasteiger charge is 2.22. The molecule has 0 unspecified atom stereocenters. The van der Waals surface area contributed by atoms with Gasteiger partial charge in [-0.1, -0.05) is 13.8 Å². The van der Waals surface area contributed by atoms with Crippen molar-refractivity contribution in [2.45, 2.75) is 39.5 Å². The maximum absolute atomic E-state index is 4.38. The van der Waals surface area contributed by atoms with E-state index in [0.29, 0.717) is 5.92 Å². The highest BCUT2D eigenvalue weighted by molar-refractivity contribution is 5.59. The number of nitrogens with zero attached hydrogens (tertiary/aromatic N) is 2. The van der Waals surface area contributed by atoms with Crippen LogP contribution in [0.1, 0.15) is 45.1 Å². The van der Waals surface area contributed by atoms with Gasteiger partial charge in [0.2, 0.25) is 0 Å². The van der Waals surface area contributed by atoms with Gasteiger partial charge in [-0.25, -0.2) is 9.97 Å². The van der Waals surface area contributed by atoms with Gasteiger partial charge in [0.05, 0.1) is 0 Å². The monoisotopic (exact) mass is 234 g/mol. The molecule has 0 aliphatic heterocycles. The van der Waals surface area contributed by atoms with Crippen LogP contribution < -0.4 is 10.6 Å². The molecule has 1 aliphatic carbocycles. The lowest BCUT2D eigenvalue weighted by Gasteiger charge is -2.17. The summed E-state index contributed by atoms with van der Waals surface area (Å²) in [5.41, 5.74) is 1.20. The van der Waals surface area contributed by atoms with Gasteiger partial charge < -0.3 is 10.6 Å². The van der Waals surface area contributed by atoms with Crippen molar-refractivity contribution in [2.24, 2.45) is 5.92 Å². The summed E-state index contributed by atoms with van der Waals surface area (Å²) in [6.07, 6.45) is 4.35. The lowest BCUT2D eigenvalue weighted by molar-refractivity contribution is 0.829. The first-order valence-corrected chi connectivity index (χ1v) is 6.55. The van der Waals surface area contributed by atoms with E-state index in [9.17, 15) is 0 Å². The van der Waals surface area contributed by atoms with Crippen LogP contribution in [0.25, 0.3) is 0 Å². The first-order chi connectivity index (χ1) is 8.22. The van der Waals surface area contributed by atoms with Gasteiger partial charge in [0, 0.05) is 18.7 Å². The minimum atomic E-state index is 0.423. The number of aromatic nitrogens is 2. The van der Waals surface area contributed by atoms with E-state index >= 15 is 0 Å². The summed E-state index contributed by atoms with van der Waals surface area (Å²) in [5, 5.41) is 6.77. The summed E-state index contributed by atoms with van der Waals surface area (Å²) in [7, 11) is 0. The topological polar surface area (TPSA) is 49.8 Å². The molecule has 1 aromatic rings. The molecule has 4 heteroatoms. The maximum atomic E-state index is 4.38. The Morgan fingerprint density at radius 2 is 1.88 bits per heavy atom.